The summed E-state index contributed by atoms with van der Waals surface area (Å²) in [7, 11) is 1.56. The number of hydrogen-bond acceptors (Lipinski definition) is 5. The number of rotatable bonds is 6. The van der Waals surface area contributed by atoms with Crippen molar-refractivity contribution in [2.45, 2.75) is 13.8 Å². The minimum absolute atomic E-state index is 0.263. The van der Waals surface area contributed by atoms with Crippen LogP contribution in [0.1, 0.15) is 19.4 Å². The van der Waals surface area contributed by atoms with Crippen LogP contribution in [0, 0.1) is 5.92 Å². The molecule has 0 aliphatic carbocycles. The van der Waals surface area contributed by atoms with Gasteiger partial charge >= 0.3 is 0 Å². The molecule has 134 valence electrons. The van der Waals surface area contributed by atoms with E-state index in [0.717, 1.165) is 26.7 Å². The lowest BCUT2D eigenvalue weighted by atomic mass is 10.2. The van der Waals surface area contributed by atoms with Crippen LogP contribution < -0.4 is 10.1 Å². The molecule has 3 amide bonds. The number of amides is 3. The van der Waals surface area contributed by atoms with Gasteiger partial charge in [-0.3, -0.25) is 19.3 Å². The lowest BCUT2D eigenvalue weighted by molar-refractivity contribution is -0.129. The molecule has 1 aromatic rings. The van der Waals surface area contributed by atoms with Crippen molar-refractivity contribution in [2.75, 3.05) is 20.2 Å². The third-order valence-electron chi connectivity index (χ3n) is 3.36. The Bertz CT molecular complexity index is 733. The maximum Gasteiger partial charge on any atom is 0.294 e. The number of nitrogens with zero attached hydrogens (tertiary/aromatic N) is 1. The first-order chi connectivity index (χ1) is 11.8. The molecular formula is C17H19BrN2O4S. The first kappa shape index (κ1) is 19.5. The number of nitrogens with one attached hydrogen (secondary N) is 1. The Kier molecular flexibility index (Phi) is 6.66. The van der Waals surface area contributed by atoms with Crippen molar-refractivity contribution in [3.8, 4) is 5.75 Å². The van der Waals surface area contributed by atoms with E-state index in [4.69, 9.17) is 4.74 Å². The van der Waals surface area contributed by atoms with Gasteiger partial charge in [0, 0.05) is 6.54 Å². The molecule has 0 aromatic heterocycles. The van der Waals surface area contributed by atoms with Crippen molar-refractivity contribution in [1.82, 2.24) is 10.2 Å². The van der Waals surface area contributed by atoms with Crippen molar-refractivity contribution >= 4 is 50.8 Å². The quantitative estimate of drug-likeness (QED) is 0.706. The number of ether oxygens (including phenoxy) is 1. The number of halogens is 1. The molecule has 0 saturated carbocycles. The highest BCUT2D eigenvalue weighted by atomic mass is 79.9. The Labute approximate surface area is 159 Å². The summed E-state index contributed by atoms with van der Waals surface area (Å²) >= 11 is 4.21. The summed E-state index contributed by atoms with van der Waals surface area (Å²) in [6.45, 7) is 4.18. The van der Waals surface area contributed by atoms with E-state index in [0.29, 0.717) is 23.1 Å². The molecule has 1 heterocycles. The van der Waals surface area contributed by atoms with Gasteiger partial charge < -0.3 is 10.1 Å². The number of thioether (sulfide) groups is 1. The highest BCUT2D eigenvalue weighted by molar-refractivity contribution is 9.10. The van der Waals surface area contributed by atoms with Gasteiger partial charge in [-0.15, -0.1) is 0 Å². The van der Waals surface area contributed by atoms with Crippen LogP contribution in [0.3, 0.4) is 0 Å². The van der Waals surface area contributed by atoms with E-state index in [9.17, 15) is 14.4 Å². The summed E-state index contributed by atoms with van der Waals surface area (Å²) in [5.74, 6) is 0.172. The average molecular weight is 427 g/mol. The largest absolute Gasteiger partial charge is 0.496 e. The second kappa shape index (κ2) is 8.53. The number of imide groups is 1. The normalized spacial score (nSPS) is 16.0. The van der Waals surface area contributed by atoms with Crippen molar-refractivity contribution < 1.29 is 19.1 Å². The molecule has 0 bridgehead atoms. The van der Waals surface area contributed by atoms with E-state index < -0.39 is 11.1 Å². The fourth-order valence-electron chi connectivity index (χ4n) is 2.08. The summed E-state index contributed by atoms with van der Waals surface area (Å²) in [5.41, 5.74) is 0.752. The highest BCUT2D eigenvalue weighted by Crippen LogP contribution is 2.33. The van der Waals surface area contributed by atoms with Crippen molar-refractivity contribution in [1.29, 1.82) is 0 Å². The van der Waals surface area contributed by atoms with E-state index in [1.807, 2.05) is 13.8 Å². The number of methoxy groups -OCH3 is 1. The van der Waals surface area contributed by atoms with Gasteiger partial charge in [0.2, 0.25) is 5.91 Å². The third-order valence-corrected chi connectivity index (χ3v) is 4.88. The highest BCUT2D eigenvalue weighted by Gasteiger charge is 2.36. The molecule has 1 aliphatic heterocycles. The van der Waals surface area contributed by atoms with Crippen LogP contribution in [-0.2, 0) is 9.59 Å². The molecule has 8 heteroatoms. The molecule has 0 spiro atoms. The van der Waals surface area contributed by atoms with E-state index >= 15 is 0 Å². The maximum absolute atomic E-state index is 12.4. The van der Waals surface area contributed by atoms with Crippen LogP contribution >= 0.6 is 27.7 Å². The predicted molar refractivity (Wildman–Crippen MR) is 101 cm³/mol. The topological polar surface area (TPSA) is 75.7 Å². The second-order valence-electron chi connectivity index (χ2n) is 5.86. The minimum atomic E-state index is -0.457. The van der Waals surface area contributed by atoms with Crippen molar-refractivity contribution in [3.05, 3.63) is 33.1 Å². The van der Waals surface area contributed by atoms with Gasteiger partial charge in [-0.05, 0) is 57.4 Å². The number of hydrogen-bond donors (Lipinski definition) is 1. The molecule has 0 radical (unpaired) electrons. The predicted octanol–water partition coefficient (Wildman–Crippen LogP) is 3.27. The molecule has 6 nitrogen and oxygen atoms in total. The van der Waals surface area contributed by atoms with Gasteiger partial charge in [-0.2, -0.15) is 0 Å². The van der Waals surface area contributed by atoms with Gasteiger partial charge in [0.05, 0.1) is 16.5 Å². The van der Waals surface area contributed by atoms with Gasteiger partial charge in [-0.1, -0.05) is 19.9 Å². The molecule has 1 N–H and O–H groups in total. The molecule has 25 heavy (non-hydrogen) atoms. The lowest BCUT2D eigenvalue weighted by Crippen LogP contribution is -2.40. The molecule has 2 rings (SSSR count). The van der Waals surface area contributed by atoms with Gasteiger partial charge in [0.25, 0.3) is 11.1 Å². The second-order valence-corrected chi connectivity index (χ2v) is 7.71. The fourth-order valence-corrected chi connectivity index (χ4v) is 3.47. The Morgan fingerprint density at radius 3 is 2.72 bits per heavy atom. The zero-order valence-electron chi connectivity index (χ0n) is 14.2. The summed E-state index contributed by atoms with van der Waals surface area (Å²) < 4.78 is 5.91. The first-order valence-electron chi connectivity index (χ1n) is 7.67. The number of carbonyl (C=O) groups excluding carboxylic acids is 3. The Hall–Kier alpha value is -1.80. The third kappa shape index (κ3) is 5.09. The molecule has 0 atom stereocenters. The molecule has 1 fully saturated rings. The Morgan fingerprint density at radius 1 is 1.40 bits per heavy atom. The summed E-state index contributed by atoms with van der Waals surface area (Å²) in [6, 6.07) is 5.34. The van der Waals surface area contributed by atoms with Crippen LogP contribution in [-0.4, -0.2) is 42.2 Å². The molecular weight excluding hydrogens is 408 g/mol. The van der Waals surface area contributed by atoms with Gasteiger partial charge in [-0.25, -0.2) is 0 Å². The zero-order valence-corrected chi connectivity index (χ0v) is 16.6. The standard InChI is InChI=1S/C17H19BrN2O4S/c1-10(2)8-19-15(21)9-20-16(22)14(25-17(20)23)7-11-4-5-13(24-3)12(18)6-11/h4-7,10H,8-9H2,1-3H3,(H,19,21)/b14-7-. The lowest BCUT2D eigenvalue weighted by Gasteiger charge is -2.13. The minimum Gasteiger partial charge on any atom is -0.496 e. The summed E-state index contributed by atoms with van der Waals surface area (Å²) in [6.07, 6.45) is 1.63. The van der Waals surface area contributed by atoms with E-state index in [1.165, 1.54) is 0 Å². The molecule has 1 aliphatic rings. The van der Waals surface area contributed by atoms with Crippen molar-refractivity contribution in [2.24, 2.45) is 5.92 Å². The van der Waals surface area contributed by atoms with Crippen LogP contribution in [0.5, 0.6) is 5.75 Å². The SMILES string of the molecule is COc1ccc(/C=C2\SC(=O)N(CC(=O)NCC(C)C)C2=O)cc1Br. The molecule has 1 aromatic carbocycles. The van der Waals surface area contributed by atoms with E-state index in [1.54, 1.807) is 31.4 Å². The first-order valence-corrected chi connectivity index (χ1v) is 9.28. The van der Waals surface area contributed by atoms with Gasteiger partial charge in [0.15, 0.2) is 0 Å². The Morgan fingerprint density at radius 2 is 2.12 bits per heavy atom. The van der Waals surface area contributed by atoms with Crippen LogP contribution in [0.2, 0.25) is 0 Å². The smallest absolute Gasteiger partial charge is 0.294 e. The Balaban J connectivity index is 2.09. The fraction of sp³-hybridized carbons (Fsp3) is 0.353. The van der Waals surface area contributed by atoms with Crippen LogP contribution in [0.25, 0.3) is 6.08 Å². The zero-order chi connectivity index (χ0) is 18.6. The molecule has 0 unspecified atom stereocenters. The van der Waals surface area contributed by atoms with Gasteiger partial charge in [0.1, 0.15) is 12.3 Å². The van der Waals surface area contributed by atoms with Crippen molar-refractivity contribution in [3.63, 3.8) is 0 Å². The maximum atomic E-state index is 12.4. The van der Waals surface area contributed by atoms with E-state index in [2.05, 4.69) is 21.2 Å². The number of carbonyl (C=O) groups is 3. The number of benzene rings is 1. The molecule has 1 saturated heterocycles. The monoisotopic (exact) mass is 426 g/mol. The summed E-state index contributed by atoms with van der Waals surface area (Å²) in [5, 5.41) is 2.26. The van der Waals surface area contributed by atoms with Crippen LogP contribution in [0.4, 0.5) is 4.79 Å². The van der Waals surface area contributed by atoms with Crippen LogP contribution in [0.15, 0.2) is 27.6 Å². The average Bonchev–Trinajstić information content (AvgIpc) is 2.80. The summed E-state index contributed by atoms with van der Waals surface area (Å²) in [4.78, 5) is 37.6. The van der Waals surface area contributed by atoms with E-state index in [-0.39, 0.29) is 12.5 Å².